The first-order chi connectivity index (χ1) is 8.79. The Morgan fingerprint density at radius 3 is 2.67 bits per heavy atom. The average molecular weight is 270 g/mol. The summed E-state index contributed by atoms with van der Waals surface area (Å²) in [6.07, 6.45) is 5.94. The van der Waals surface area contributed by atoms with Gasteiger partial charge in [-0.1, -0.05) is 19.8 Å². The normalized spacial score (nSPS) is 15.1. The summed E-state index contributed by atoms with van der Waals surface area (Å²) >= 11 is 5.94. The summed E-state index contributed by atoms with van der Waals surface area (Å²) in [6, 6.07) is 0. The molecule has 5 nitrogen and oxygen atoms in total. The minimum absolute atomic E-state index is 0.268. The lowest BCUT2D eigenvalue weighted by Crippen LogP contribution is -2.21. The minimum atomic E-state index is 0.268. The Labute approximate surface area is 113 Å². The van der Waals surface area contributed by atoms with Crippen molar-refractivity contribution < 1.29 is 0 Å². The van der Waals surface area contributed by atoms with Crippen LogP contribution in [0, 0.1) is 0 Å². The molecule has 2 heterocycles. The van der Waals surface area contributed by atoms with Gasteiger partial charge in [-0.3, -0.25) is 0 Å². The molecule has 1 saturated heterocycles. The van der Waals surface area contributed by atoms with Crippen molar-refractivity contribution in [2.75, 3.05) is 29.9 Å². The molecular formula is C12H20ClN5. The van der Waals surface area contributed by atoms with Crippen molar-refractivity contribution >= 4 is 23.5 Å². The summed E-state index contributed by atoms with van der Waals surface area (Å²) in [5.41, 5.74) is 0. The Morgan fingerprint density at radius 1 is 1.17 bits per heavy atom. The highest BCUT2D eigenvalue weighted by Crippen LogP contribution is 2.18. The zero-order chi connectivity index (χ0) is 12.8. The van der Waals surface area contributed by atoms with Crippen LogP contribution in [0.25, 0.3) is 0 Å². The molecule has 1 aromatic heterocycles. The fraction of sp³-hybridized carbons (Fsp3) is 0.750. The van der Waals surface area contributed by atoms with Crippen LogP contribution in [-0.4, -0.2) is 34.6 Å². The van der Waals surface area contributed by atoms with Crippen LogP contribution < -0.4 is 10.2 Å². The Morgan fingerprint density at radius 2 is 1.94 bits per heavy atom. The van der Waals surface area contributed by atoms with E-state index >= 15 is 0 Å². The second-order valence-corrected chi connectivity index (χ2v) is 4.89. The van der Waals surface area contributed by atoms with Gasteiger partial charge >= 0.3 is 0 Å². The quantitative estimate of drug-likeness (QED) is 0.805. The van der Waals surface area contributed by atoms with Crippen LogP contribution in [-0.2, 0) is 0 Å². The zero-order valence-electron chi connectivity index (χ0n) is 10.8. The average Bonchev–Trinajstić information content (AvgIpc) is 2.88. The van der Waals surface area contributed by atoms with E-state index in [-0.39, 0.29) is 5.28 Å². The number of hydrogen-bond acceptors (Lipinski definition) is 5. The number of rotatable bonds is 6. The van der Waals surface area contributed by atoms with E-state index in [1.807, 2.05) is 0 Å². The topological polar surface area (TPSA) is 53.9 Å². The molecule has 0 radical (unpaired) electrons. The SMILES string of the molecule is CCCCCNc1nc(Cl)nc(N2CCCC2)n1. The number of halogens is 1. The molecule has 0 bridgehead atoms. The number of nitrogens with one attached hydrogen (secondary N) is 1. The van der Waals surface area contributed by atoms with Crippen LogP contribution in [0.4, 0.5) is 11.9 Å². The van der Waals surface area contributed by atoms with Gasteiger partial charge in [-0.15, -0.1) is 0 Å². The third-order valence-corrected chi connectivity index (χ3v) is 3.22. The third kappa shape index (κ3) is 3.70. The van der Waals surface area contributed by atoms with E-state index in [9.17, 15) is 0 Å². The summed E-state index contributed by atoms with van der Waals surface area (Å²) in [6.45, 7) is 5.09. The van der Waals surface area contributed by atoms with Gasteiger partial charge in [0, 0.05) is 19.6 Å². The largest absolute Gasteiger partial charge is 0.354 e. The summed E-state index contributed by atoms with van der Waals surface area (Å²) in [5.74, 6) is 1.29. The van der Waals surface area contributed by atoms with Crippen LogP contribution >= 0.6 is 11.6 Å². The highest BCUT2D eigenvalue weighted by molar-refractivity contribution is 6.28. The highest BCUT2D eigenvalue weighted by Gasteiger charge is 2.16. The fourth-order valence-electron chi connectivity index (χ4n) is 2.05. The number of unbranched alkanes of at least 4 members (excludes halogenated alkanes) is 2. The van der Waals surface area contributed by atoms with Crippen LogP contribution in [0.15, 0.2) is 0 Å². The summed E-state index contributed by atoms with van der Waals surface area (Å²) in [7, 11) is 0. The predicted octanol–water partition coefficient (Wildman–Crippen LogP) is 2.73. The molecule has 1 aliphatic heterocycles. The van der Waals surface area contributed by atoms with Crippen LogP contribution in [0.1, 0.15) is 39.0 Å². The van der Waals surface area contributed by atoms with E-state index < -0.39 is 0 Å². The van der Waals surface area contributed by atoms with Gasteiger partial charge in [0.1, 0.15) is 0 Å². The maximum Gasteiger partial charge on any atom is 0.231 e. The summed E-state index contributed by atoms with van der Waals surface area (Å²) < 4.78 is 0. The third-order valence-electron chi connectivity index (χ3n) is 3.05. The maximum absolute atomic E-state index is 5.94. The monoisotopic (exact) mass is 269 g/mol. The van der Waals surface area contributed by atoms with Crippen LogP contribution in [0.3, 0.4) is 0 Å². The smallest absolute Gasteiger partial charge is 0.231 e. The van der Waals surface area contributed by atoms with Gasteiger partial charge in [-0.25, -0.2) is 0 Å². The minimum Gasteiger partial charge on any atom is -0.354 e. The molecule has 0 atom stereocenters. The van der Waals surface area contributed by atoms with E-state index in [0.29, 0.717) is 11.9 Å². The molecule has 1 N–H and O–H groups in total. The molecule has 1 aromatic rings. The lowest BCUT2D eigenvalue weighted by molar-refractivity contribution is 0.739. The van der Waals surface area contributed by atoms with Crippen molar-refractivity contribution in [3.05, 3.63) is 5.28 Å². The predicted molar refractivity (Wildman–Crippen MR) is 74.3 cm³/mol. The van der Waals surface area contributed by atoms with Crippen LogP contribution in [0.2, 0.25) is 5.28 Å². The molecule has 1 aliphatic rings. The lowest BCUT2D eigenvalue weighted by atomic mass is 10.2. The van der Waals surface area contributed by atoms with E-state index in [2.05, 4.69) is 32.1 Å². The first-order valence-corrected chi connectivity index (χ1v) is 7.08. The van der Waals surface area contributed by atoms with E-state index in [1.165, 1.54) is 25.7 Å². The Bertz CT molecular complexity index is 379. The molecule has 0 aromatic carbocycles. The fourth-order valence-corrected chi connectivity index (χ4v) is 2.21. The van der Waals surface area contributed by atoms with Gasteiger partial charge in [0.15, 0.2) is 0 Å². The van der Waals surface area contributed by atoms with Gasteiger partial charge < -0.3 is 10.2 Å². The Balaban J connectivity index is 1.97. The Hall–Kier alpha value is -1.10. The molecule has 18 heavy (non-hydrogen) atoms. The number of anilines is 2. The molecule has 0 saturated carbocycles. The molecule has 0 spiro atoms. The molecule has 0 amide bonds. The number of hydrogen-bond donors (Lipinski definition) is 1. The molecule has 1 fully saturated rings. The Kier molecular flexibility index (Phi) is 4.99. The molecule has 0 unspecified atom stereocenters. The second-order valence-electron chi connectivity index (χ2n) is 4.56. The molecule has 100 valence electrons. The van der Waals surface area contributed by atoms with Gasteiger partial charge in [0.05, 0.1) is 0 Å². The van der Waals surface area contributed by atoms with Gasteiger partial charge in [-0.05, 0) is 30.9 Å². The van der Waals surface area contributed by atoms with Gasteiger partial charge in [0.25, 0.3) is 0 Å². The van der Waals surface area contributed by atoms with E-state index in [0.717, 1.165) is 26.1 Å². The van der Waals surface area contributed by atoms with Crippen molar-refractivity contribution in [3.63, 3.8) is 0 Å². The van der Waals surface area contributed by atoms with E-state index in [1.54, 1.807) is 0 Å². The van der Waals surface area contributed by atoms with E-state index in [4.69, 9.17) is 11.6 Å². The van der Waals surface area contributed by atoms with Crippen molar-refractivity contribution in [1.82, 2.24) is 15.0 Å². The van der Waals surface area contributed by atoms with Crippen molar-refractivity contribution in [1.29, 1.82) is 0 Å². The lowest BCUT2D eigenvalue weighted by Gasteiger charge is -2.15. The standard InChI is InChI=1S/C12H20ClN5/c1-2-3-4-7-14-11-15-10(13)16-12(17-11)18-8-5-6-9-18/h2-9H2,1H3,(H,14,15,16,17). The first-order valence-electron chi connectivity index (χ1n) is 6.70. The van der Waals surface area contributed by atoms with Crippen molar-refractivity contribution in [2.45, 2.75) is 39.0 Å². The molecule has 2 rings (SSSR count). The van der Waals surface area contributed by atoms with Gasteiger partial charge in [-0.2, -0.15) is 15.0 Å². The summed E-state index contributed by atoms with van der Waals surface area (Å²) in [4.78, 5) is 14.9. The zero-order valence-corrected chi connectivity index (χ0v) is 11.6. The molecule has 6 heteroatoms. The van der Waals surface area contributed by atoms with Crippen molar-refractivity contribution in [3.8, 4) is 0 Å². The molecule has 0 aliphatic carbocycles. The van der Waals surface area contributed by atoms with Gasteiger partial charge in [0.2, 0.25) is 17.2 Å². The second kappa shape index (κ2) is 6.73. The maximum atomic E-state index is 5.94. The van der Waals surface area contributed by atoms with Crippen molar-refractivity contribution in [2.24, 2.45) is 0 Å². The molecular weight excluding hydrogens is 250 g/mol. The summed E-state index contributed by atoms with van der Waals surface area (Å²) in [5, 5.41) is 3.48. The number of aromatic nitrogens is 3. The first kappa shape index (κ1) is 13.3. The highest BCUT2D eigenvalue weighted by atomic mass is 35.5. The van der Waals surface area contributed by atoms with Crippen LogP contribution in [0.5, 0.6) is 0 Å². The number of nitrogens with zero attached hydrogens (tertiary/aromatic N) is 4.